The summed E-state index contributed by atoms with van der Waals surface area (Å²) in [7, 11) is 0. The molecule has 1 unspecified atom stereocenters. The minimum absolute atomic E-state index is 0.0149. The van der Waals surface area contributed by atoms with Gasteiger partial charge in [0.05, 0.1) is 11.5 Å². The van der Waals surface area contributed by atoms with Crippen LogP contribution in [0.2, 0.25) is 0 Å². The molecule has 2 aliphatic rings. The third kappa shape index (κ3) is 1.90. The highest BCUT2D eigenvalue weighted by atomic mass is 16.3. The summed E-state index contributed by atoms with van der Waals surface area (Å²) in [6, 6.07) is 10.1. The number of benzene rings is 1. The van der Waals surface area contributed by atoms with Gasteiger partial charge in [-0.05, 0) is 44.2 Å². The number of para-hydroxylation sites is 1. The van der Waals surface area contributed by atoms with Crippen molar-refractivity contribution < 1.29 is 9.21 Å². The summed E-state index contributed by atoms with van der Waals surface area (Å²) in [6.45, 7) is 5.02. The maximum absolute atomic E-state index is 12.8. The quantitative estimate of drug-likeness (QED) is 0.826. The Hall–Kier alpha value is -1.77. The van der Waals surface area contributed by atoms with Crippen molar-refractivity contribution in [1.29, 1.82) is 0 Å². The van der Waals surface area contributed by atoms with Gasteiger partial charge in [-0.25, -0.2) is 0 Å². The van der Waals surface area contributed by atoms with Gasteiger partial charge in [-0.3, -0.25) is 4.79 Å². The molecule has 2 saturated carbocycles. The second-order valence-electron chi connectivity index (χ2n) is 6.62. The van der Waals surface area contributed by atoms with E-state index in [9.17, 15) is 4.79 Å². The van der Waals surface area contributed by atoms with E-state index in [-0.39, 0.29) is 11.5 Å². The Morgan fingerprint density at radius 1 is 1.43 bits per heavy atom. The zero-order valence-electron chi connectivity index (χ0n) is 12.6. The summed E-state index contributed by atoms with van der Waals surface area (Å²) < 4.78 is 5.96. The average Bonchev–Trinajstić information content (AvgIpc) is 3.30. The predicted molar refractivity (Wildman–Crippen MR) is 81.8 cm³/mol. The molecule has 0 aliphatic heterocycles. The van der Waals surface area contributed by atoms with Crippen LogP contribution < -0.4 is 0 Å². The van der Waals surface area contributed by atoms with Gasteiger partial charge in [-0.2, -0.15) is 0 Å². The molecule has 0 radical (unpaired) electrons. The second-order valence-corrected chi connectivity index (χ2v) is 6.62. The fraction of sp³-hybridized carbons (Fsp3) is 0.500. The molecule has 2 aromatic rings. The average molecular weight is 283 g/mol. The van der Waals surface area contributed by atoms with Crippen LogP contribution in [0.3, 0.4) is 0 Å². The molecule has 0 saturated heterocycles. The number of amides is 1. The predicted octanol–water partition coefficient (Wildman–Crippen LogP) is 4.14. The van der Waals surface area contributed by atoms with E-state index in [1.165, 1.54) is 0 Å². The van der Waals surface area contributed by atoms with Crippen molar-refractivity contribution in [2.45, 2.75) is 39.2 Å². The molecular weight excluding hydrogens is 262 g/mol. The molecule has 0 N–H and O–H groups in total. The molecule has 3 heteroatoms. The van der Waals surface area contributed by atoms with E-state index in [4.69, 9.17) is 4.42 Å². The normalized spacial score (nSPS) is 27.2. The van der Waals surface area contributed by atoms with Crippen molar-refractivity contribution in [1.82, 2.24) is 4.90 Å². The minimum Gasteiger partial charge on any atom is -0.459 e. The number of fused-ring (bicyclic) bond motifs is 2. The third-order valence-electron chi connectivity index (χ3n) is 5.16. The van der Waals surface area contributed by atoms with E-state index in [0.717, 1.165) is 42.5 Å². The van der Waals surface area contributed by atoms with Gasteiger partial charge in [0.2, 0.25) is 5.91 Å². The van der Waals surface area contributed by atoms with E-state index >= 15 is 0 Å². The van der Waals surface area contributed by atoms with Crippen molar-refractivity contribution in [3.05, 3.63) is 36.1 Å². The Kier molecular flexibility index (Phi) is 2.69. The Morgan fingerprint density at radius 2 is 2.14 bits per heavy atom. The van der Waals surface area contributed by atoms with Crippen LogP contribution in [0.15, 0.2) is 34.7 Å². The Labute approximate surface area is 124 Å². The number of hydrogen-bond acceptors (Lipinski definition) is 2. The topological polar surface area (TPSA) is 33.5 Å². The summed E-state index contributed by atoms with van der Waals surface area (Å²) in [5.41, 5.74) is 0.937. The van der Waals surface area contributed by atoms with E-state index in [1.54, 1.807) is 0 Å². The molecule has 3 nitrogen and oxygen atoms in total. The van der Waals surface area contributed by atoms with Gasteiger partial charge in [0, 0.05) is 11.9 Å². The molecule has 0 bridgehead atoms. The monoisotopic (exact) mass is 283 g/mol. The molecule has 1 aromatic heterocycles. The van der Waals surface area contributed by atoms with Gasteiger partial charge >= 0.3 is 0 Å². The first-order chi connectivity index (χ1) is 10.2. The molecule has 1 atom stereocenters. The van der Waals surface area contributed by atoms with Crippen LogP contribution in [-0.2, 0) is 4.79 Å². The number of carbonyl (C=O) groups excluding carboxylic acids is 1. The lowest BCUT2D eigenvalue weighted by Gasteiger charge is -2.29. The number of furan rings is 1. The van der Waals surface area contributed by atoms with E-state index < -0.39 is 0 Å². The van der Waals surface area contributed by atoms with Crippen LogP contribution in [-0.4, -0.2) is 17.4 Å². The maximum atomic E-state index is 12.8. The number of carbonyl (C=O) groups is 1. The van der Waals surface area contributed by atoms with Crippen molar-refractivity contribution >= 4 is 16.9 Å². The molecule has 0 spiro atoms. The van der Waals surface area contributed by atoms with Gasteiger partial charge in [-0.1, -0.05) is 25.1 Å². The van der Waals surface area contributed by atoms with Gasteiger partial charge in [-0.15, -0.1) is 0 Å². The van der Waals surface area contributed by atoms with E-state index in [0.29, 0.717) is 11.8 Å². The smallest absolute Gasteiger partial charge is 0.229 e. The highest BCUT2D eigenvalue weighted by molar-refractivity contribution is 5.90. The highest BCUT2D eigenvalue weighted by Gasteiger charge is 2.75. The van der Waals surface area contributed by atoms with Crippen LogP contribution in [0, 0.1) is 11.3 Å². The highest BCUT2D eigenvalue weighted by Crippen LogP contribution is 2.76. The Bertz CT molecular complexity index is 663. The lowest BCUT2D eigenvalue weighted by Crippen LogP contribution is -2.37. The summed E-state index contributed by atoms with van der Waals surface area (Å²) in [5, 5.41) is 1.11. The first-order valence-corrected chi connectivity index (χ1v) is 7.95. The Balaban J connectivity index is 1.63. The van der Waals surface area contributed by atoms with Crippen molar-refractivity contribution in [2.75, 3.05) is 6.54 Å². The molecule has 21 heavy (non-hydrogen) atoms. The molecule has 1 amide bonds. The van der Waals surface area contributed by atoms with Crippen LogP contribution in [0.1, 0.15) is 44.9 Å². The van der Waals surface area contributed by atoms with E-state index in [1.807, 2.05) is 23.1 Å². The fourth-order valence-electron chi connectivity index (χ4n) is 3.41. The summed E-state index contributed by atoms with van der Waals surface area (Å²) in [6.07, 6.45) is 3.20. The van der Waals surface area contributed by atoms with Crippen molar-refractivity contribution in [3.8, 4) is 0 Å². The molecule has 2 aliphatic carbocycles. The maximum Gasteiger partial charge on any atom is 0.229 e. The first kappa shape index (κ1) is 12.9. The third-order valence-corrected chi connectivity index (χ3v) is 5.16. The van der Waals surface area contributed by atoms with Crippen LogP contribution in [0.5, 0.6) is 0 Å². The molecular formula is C18H21NO2. The fourth-order valence-corrected chi connectivity index (χ4v) is 3.41. The van der Waals surface area contributed by atoms with Gasteiger partial charge in [0.1, 0.15) is 11.3 Å². The first-order valence-electron chi connectivity index (χ1n) is 7.95. The van der Waals surface area contributed by atoms with Crippen molar-refractivity contribution in [2.24, 2.45) is 11.3 Å². The molecule has 2 fully saturated rings. The molecule has 1 aromatic carbocycles. The van der Waals surface area contributed by atoms with E-state index in [2.05, 4.69) is 26.0 Å². The van der Waals surface area contributed by atoms with Crippen LogP contribution in [0.4, 0.5) is 0 Å². The SMILES string of the molecule is CCCN(C(=O)C12CC1C2)C(C)c1cc2ccccc2o1. The summed E-state index contributed by atoms with van der Waals surface area (Å²) in [5.74, 6) is 1.93. The standard InChI is InChI=1S/C18H21NO2/c1-3-8-19(17(20)18-10-14(18)11-18)12(2)16-9-13-6-4-5-7-15(13)21-16/h4-7,9,12,14H,3,8,10-11H2,1-2H3. The molecule has 4 rings (SSSR count). The minimum atomic E-state index is 0.0149. The summed E-state index contributed by atoms with van der Waals surface area (Å²) in [4.78, 5) is 14.8. The van der Waals surface area contributed by atoms with Crippen LogP contribution in [0.25, 0.3) is 11.0 Å². The van der Waals surface area contributed by atoms with Gasteiger partial charge in [0.15, 0.2) is 0 Å². The number of nitrogens with zero attached hydrogens (tertiary/aromatic N) is 1. The zero-order chi connectivity index (χ0) is 14.6. The van der Waals surface area contributed by atoms with Gasteiger partial charge < -0.3 is 9.32 Å². The zero-order valence-corrected chi connectivity index (χ0v) is 12.6. The lowest BCUT2D eigenvalue weighted by atomic mass is 10.1. The Morgan fingerprint density at radius 3 is 2.76 bits per heavy atom. The number of rotatable bonds is 5. The number of hydrogen-bond donors (Lipinski definition) is 0. The summed E-state index contributed by atoms with van der Waals surface area (Å²) >= 11 is 0. The van der Waals surface area contributed by atoms with Gasteiger partial charge in [0.25, 0.3) is 0 Å². The van der Waals surface area contributed by atoms with Crippen LogP contribution >= 0.6 is 0 Å². The largest absolute Gasteiger partial charge is 0.459 e. The second kappa shape index (κ2) is 4.36. The van der Waals surface area contributed by atoms with Crippen molar-refractivity contribution in [3.63, 3.8) is 0 Å². The molecule has 110 valence electrons. The molecule has 1 heterocycles. The lowest BCUT2D eigenvalue weighted by molar-refractivity contribution is -0.137.